The van der Waals surface area contributed by atoms with Crippen LogP contribution in [-0.4, -0.2) is 28.4 Å². The smallest absolute Gasteiger partial charge is 0.264 e. The van der Waals surface area contributed by atoms with Crippen molar-refractivity contribution in [1.29, 1.82) is 0 Å². The fourth-order valence-electron chi connectivity index (χ4n) is 6.34. The van der Waals surface area contributed by atoms with Crippen molar-refractivity contribution < 1.29 is 27.9 Å². The number of nitrogens with one attached hydrogen (secondary N) is 1. The summed E-state index contributed by atoms with van der Waals surface area (Å²) < 4.78 is 41.6. The Morgan fingerprint density at radius 3 is 2.31 bits per heavy atom. The van der Waals surface area contributed by atoms with Crippen molar-refractivity contribution in [3.8, 4) is 0 Å². The molecular formula is C25H24F3NO3. The van der Waals surface area contributed by atoms with Crippen LogP contribution in [0.2, 0.25) is 0 Å². The molecule has 2 aromatic carbocycles. The number of hydrogen-bond donors (Lipinski definition) is 2. The fourth-order valence-corrected chi connectivity index (χ4v) is 6.34. The predicted octanol–water partition coefficient (Wildman–Crippen LogP) is 4.66. The highest BCUT2D eigenvalue weighted by molar-refractivity contribution is 6.10. The van der Waals surface area contributed by atoms with Gasteiger partial charge < -0.3 is 10.4 Å². The van der Waals surface area contributed by atoms with Gasteiger partial charge in [-0.3, -0.25) is 9.59 Å². The third-order valence-electron chi connectivity index (χ3n) is 7.45. The van der Waals surface area contributed by atoms with Gasteiger partial charge in [0.05, 0.1) is 11.2 Å². The molecule has 4 bridgehead atoms. The molecule has 168 valence electrons. The molecule has 0 saturated heterocycles. The molecule has 0 radical (unpaired) electrons. The van der Waals surface area contributed by atoms with E-state index in [0.29, 0.717) is 18.8 Å². The van der Waals surface area contributed by atoms with Crippen molar-refractivity contribution in [2.75, 3.05) is 0 Å². The summed E-state index contributed by atoms with van der Waals surface area (Å²) in [6.45, 7) is 0. The highest BCUT2D eigenvalue weighted by Gasteiger charge is 2.55. The normalized spacial score (nSPS) is 30.5. The van der Waals surface area contributed by atoms with E-state index in [0.717, 1.165) is 31.4 Å². The lowest BCUT2D eigenvalue weighted by molar-refractivity contribution is -0.136. The molecule has 7 heteroatoms. The zero-order valence-corrected chi connectivity index (χ0v) is 17.4. The number of ketones is 1. The number of alkyl halides is 2. The van der Waals surface area contributed by atoms with Gasteiger partial charge >= 0.3 is 0 Å². The first kappa shape index (κ1) is 21.2. The van der Waals surface area contributed by atoms with Gasteiger partial charge in [0.15, 0.2) is 5.78 Å². The number of halogens is 3. The van der Waals surface area contributed by atoms with E-state index < -0.39 is 35.1 Å². The molecule has 2 N–H and O–H groups in total. The number of rotatable bonds is 5. The molecule has 0 aliphatic heterocycles. The lowest BCUT2D eigenvalue weighted by atomic mass is 9.52. The van der Waals surface area contributed by atoms with E-state index in [-0.39, 0.29) is 34.6 Å². The van der Waals surface area contributed by atoms with Crippen molar-refractivity contribution in [2.24, 2.45) is 17.8 Å². The number of aliphatic hydroxyl groups is 1. The summed E-state index contributed by atoms with van der Waals surface area (Å²) in [6, 6.07) is 8.69. The standard InChI is InChI=1S/C25H24F3NO3/c26-20-4-2-1-3-18(20)22(30)14-5-6-17(19(9-14)23(27)28)24(31)29-21-15-7-13-8-16(21)12-25(32,10-13)11-15/h1-6,9,13,15-16,21,23,32H,7-8,10-12H2,(H,29,31). The minimum absolute atomic E-state index is 0.0983. The number of carbonyl (C=O) groups is 2. The Morgan fingerprint density at radius 2 is 1.69 bits per heavy atom. The Balaban J connectivity index is 1.39. The second kappa shape index (κ2) is 7.73. The lowest BCUT2D eigenvalue weighted by Gasteiger charge is -2.58. The Kier molecular flexibility index (Phi) is 5.12. The molecule has 4 aliphatic rings. The van der Waals surface area contributed by atoms with Crippen LogP contribution in [0.3, 0.4) is 0 Å². The van der Waals surface area contributed by atoms with Crippen LogP contribution in [0.5, 0.6) is 0 Å². The molecule has 0 aromatic heterocycles. The molecular weight excluding hydrogens is 419 g/mol. The van der Waals surface area contributed by atoms with Gasteiger partial charge in [0.25, 0.3) is 12.3 Å². The van der Waals surface area contributed by atoms with E-state index in [1.807, 2.05) is 0 Å². The zero-order chi connectivity index (χ0) is 22.6. The van der Waals surface area contributed by atoms with E-state index >= 15 is 0 Å². The molecule has 4 saturated carbocycles. The van der Waals surface area contributed by atoms with Gasteiger partial charge in [-0.05, 0) is 74.1 Å². The number of hydrogen-bond acceptors (Lipinski definition) is 3. The fraction of sp³-hybridized carbons (Fsp3) is 0.440. The first-order valence-electron chi connectivity index (χ1n) is 11.0. The average Bonchev–Trinajstić information content (AvgIpc) is 2.74. The van der Waals surface area contributed by atoms with Crippen LogP contribution in [0.1, 0.15) is 70.4 Å². The van der Waals surface area contributed by atoms with Gasteiger partial charge in [0, 0.05) is 22.7 Å². The zero-order valence-electron chi connectivity index (χ0n) is 17.4. The quantitative estimate of drug-likeness (QED) is 0.661. The van der Waals surface area contributed by atoms with Crippen LogP contribution in [-0.2, 0) is 0 Å². The molecule has 4 nitrogen and oxygen atoms in total. The molecule has 4 aliphatic carbocycles. The third-order valence-corrected chi connectivity index (χ3v) is 7.45. The minimum Gasteiger partial charge on any atom is -0.390 e. The highest BCUT2D eigenvalue weighted by Crippen LogP contribution is 2.55. The summed E-state index contributed by atoms with van der Waals surface area (Å²) in [7, 11) is 0. The Labute approximate surface area is 183 Å². The monoisotopic (exact) mass is 443 g/mol. The van der Waals surface area contributed by atoms with E-state index in [9.17, 15) is 27.9 Å². The minimum atomic E-state index is -2.97. The molecule has 6 rings (SSSR count). The maximum absolute atomic E-state index is 14.0. The van der Waals surface area contributed by atoms with Crippen LogP contribution in [0.15, 0.2) is 42.5 Å². The SMILES string of the molecule is O=C(c1ccc(C(=O)NC2C3CC4CC2CC(O)(C4)C3)c(C(F)F)c1)c1ccccc1F. The molecule has 0 spiro atoms. The summed E-state index contributed by atoms with van der Waals surface area (Å²) in [4.78, 5) is 25.6. The van der Waals surface area contributed by atoms with Crippen LogP contribution in [0, 0.1) is 23.6 Å². The van der Waals surface area contributed by atoms with Gasteiger partial charge in [-0.15, -0.1) is 0 Å². The van der Waals surface area contributed by atoms with Crippen molar-refractivity contribution in [3.63, 3.8) is 0 Å². The summed E-state index contributed by atoms with van der Waals surface area (Å²) in [5, 5.41) is 13.7. The summed E-state index contributed by atoms with van der Waals surface area (Å²) in [5.74, 6) is -1.30. The number of carbonyl (C=O) groups excluding carboxylic acids is 2. The second-order valence-electron chi connectivity index (χ2n) is 9.61. The van der Waals surface area contributed by atoms with Gasteiger partial charge in [-0.25, -0.2) is 13.2 Å². The maximum atomic E-state index is 14.0. The van der Waals surface area contributed by atoms with Crippen molar-refractivity contribution in [3.05, 3.63) is 70.5 Å². The average molecular weight is 443 g/mol. The molecule has 4 fully saturated rings. The molecule has 1 amide bonds. The molecule has 2 atom stereocenters. The van der Waals surface area contributed by atoms with E-state index in [2.05, 4.69) is 5.32 Å². The summed E-state index contributed by atoms with van der Waals surface area (Å²) in [5.41, 5.74) is -1.69. The Hall–Kier alpha value is -2.67. The van der Waals surface area contributed by atoms with Gasteiger partial charge in [-0.2, -0.15) is 0 Å². The topological polar surface area (TPSA) is 66.4 Å². The Morgan fingerprint density at radius 1 is 1.00 bits per heavy atom. The van der Waals surface area contributed by atoms with Crippen molar-refractivity contribution in [1.82, 2.24) is 5.32 Å². The maximum Gasteiger partial charge on any atom is 0.264 e. The molecule has 2 unspecified atom stereocenters. The second-order valence-corrected chi connectivity index (χ2v) is 9.61. The number of benzene rings is 2. The summed E-state index contributed by atoms with van der Waals surface area (Å²) in [6.07, 6.45) is 0.964. The summed E-state index contributed by atoms with van der Waals surface area (Å²) >= 11 is 0. The molecule has 2 aromatic rings. The van der Waals surface area contributed by atoms with Crippen LogP contribution in [0.25, 0.3) is 0 Å². The third kappa shape index (κ3) is 3.62. The van der Waals surface area contributed by atoms with Gasteiger partial charge in [-0.1, -0.05) is 18.2 Å². The lowest BCUT2D eigenvalue weighted by Crippen LogP contribution is -2.61. The number of amides is 1. The highest BCUT2D eigenvalue weighted by atomic mass is 19.3. The van der Waals surface area contributed by atoms with Crippen molar-refractivity contribution in [2.45, 2.75) is 50.2 Å². The van der Waals surface area contributed by atoms with Crippen LogP contribution >= 0.6 is 0 Å². The van der Waals surface area contributed by atoms with E-state index in [1.165, 1.54) is 30.3 Å². The molecule has 32 heavy (non-hydrogen) atoms. The predicted molar refractivity (Wildman–Crippen MR) is 111 cm³/mol. The van der Waals surface area contributed by atoms with E-state index in [1.54, 1.807) is 0 Å². The van der Waals surface area contributed by atoms with E-state index in [4.69, 9.17) is 0 Å². The largest absolute Gasteiger partial charge is 0.390 e. The first-order chi connectivity index (χ1) is 15.2. The van der Waals surface area contributed by atoms with Crippen LogP contribution in [0.4, 0.5) is 13.2 Å². The van der Waals surface area contributed by atoms with Crippen LogP contribution < -0.4 is 5.32 Å². The van der Waals surface area contributed by atoms with Gasteiger partial charge in [0.2, 0.25) is 0 Å². The van der Waals surface area contributed by atoms with Crippen molar-refractivity contribution >= 4 is 11.7 Å². The Bertz CT molecular complexity index is 1070. The molecule has 0 heterocycles. The first-order valence-corrected chi connectivity index (χ1v) is 11.0. The van der Waals surface area contributed by atoms with Gasteiger partial charge in [0.1, 0.15) is 5.82 Å².